The Kier molecular flexibility index (Phi) is 3.79. The summed E-state index contributed by atoms with van der Waals surface area (Å²) in [6.45, 7) is 0.659. The van der Waals surface area contributed by atoms with Crippen LogP contribution in [0.2, 0.25) is 5.02 Å². The molecular weight excluding hydrogens is 294 g/mol. The van der Waals surface area contributed by atoms with Gasteiger partial charge in [0.25, 0.3) is 0 Å². The molecule has 0 spiro atoms. The zero-order chi connectivity index (χ0) is 14.8. The molecule has 0 radical (unpaired) electrons. The molecule has 1 aliphatic rings. The van der Waals surface area contributed by atoms with Crippen LogP contribution in [0.4, 0.5) is 0 Å². The standard InChI is InChI=1S/C14H14ClN3O3/c1-20-14(19)13-12(16-18-17-13)9-4-5-10(15)11(6-9)21-7-8-2-3-8/h4-6,8H,2-3,7H2,1H3,(H,16,17,18). The summed E-state index contributed by atoms with van der Waals surface area (Å²) in [5, 5.41) is 10.8. The SMILES string of the molecule is COC(=O)c1n[nH]nc1-c1ccc(Cl)c(OCC2CC2)c1. The Morgan fingerprint density at radius 3 is 2.95 bits per heavy atom. The van der Waals surface area contributed by atoms with E-state index in [4.69, 9.17) is 16.3 Å². The van der Waals surface area contributed by atoms with E-state index in [1.807, 2.05) is 0 Å². The van der Waals surface area contributed by atoms with Crippen molar-refractivity contribution in [3.8, 4) is 17.0 Å². The van der Waals surface area contributed by atoms with Gasteiger partial charge in [-0.1, -0.05) is 17.7 Å². The number of benzene rings is 1. The lowest BCUT2D eigenvalue weighted by molar-refractivity contribution is 0.0595. The number of nitrogens with one attached hydrogen (secondary N) is 1. The van der Waals surface area contributed by atoms with Gasteiger partial charge in [0.2, 0.25) is 0 Å². The molecule has 0 unspecified atom stereocenters. The van der Waals surface area contributed by atoms with Crippen molar-refractivity contribution in [1.82, 2.24) is 15.4 Å². The Labute approximate surface area is 126 Å². The van der Waals surface area contributed by atoms with Crippen LogP contribution in [0, 0.1) is 5.92 Å². The van der Waals surface area contributed by atoms with Crippen molar-refractivity contribution >= 4 is 17.6 Å². The smallest absolute Gasteiger partial charge is 0.360 e. The zero-order valence-corrected chi connectivity index (χ0v) is 12.2. The molecule has 1 heterocycles. The van der Waals surface area contributed by atoms with Gasteiger partial charge in [0.05, 0.1) is 18.7 Å². The number of carbonyl (C=O) groups is 1. The largest absolute Gasteiger partial charge is 0.492 e. The number of H-pyrrole nitrogens is 1. The van der Waals surface area contributed by atoms with Gasteiger partial charge in [-0.05, 0) is 30.9 Å². The molecule has 1 N–H and O–H groups in total. The molecule has 1 aromatic carbocycles. The lowest BCUT2D eigenvalue weighted by Gasteiger charge is -2.09. The van der Waals surface area contributed by atoms with Gasteiger partial charge in [-0.25, -0.2) is 4.79 Å². The van der Waals surface area contributed by atoms with Gasteiger partial charge >= 0.3 is 5.97 Å². The van der Waals surface area contributed by atoms with Crippen molar-refractivity contribution in [2.75, 3.05) is 13.7 Å². The van der Waals surface area contributed by atoms with E-state index < -0.39 is 5.97 Å². The molecule has 0 saturated heterocycles. The van der Waals surface area contributed by atoms with E-state index in [9.17, 15) is 4.79 Å². The van der Waals surface area contributed by atoms with Crippen molar-refractivity contribution in [3.63, 3.8) is 0 Å². The van der Waals surface area contributed by atoms with Crippen molar-refractivity contribution < 1.29 is 14.3 Å². The fourth-order valence-corrected chi connectivity index (χ4v) is 2.10. The van der Waals surface area contributed by atoms with E-state index in [2.05, 4.69) is 20.1 Å². The summed E-state index contributed by atoms with van der Waals surface area (Å²) < 4.78 is 10.4. The van der Waals surface area contributed by atoms with Crippen LogP contribution >= 0.6 is 11.6 Å². The van der Waals surface area contributed by atoms with Crippen molar-refractivity contribution in [2.24, 2.45) is 5.92 Å². The molecular formula is C14H14ClN3O3. The fourth-order valence-electron chi connectivity index (χ4n) is 1.92. The van der Waals surface area contributed by atoms with Gasteiger partial charge < -0.3 is 9.47 Å². The van der Waals surface area contributed by atoms with E-state index in [-0.39, 0.29) is 5.69 Å². The van der Waals surface area contributed by atoms with Gasteiger partial charge in [0.1, 0.15) is 11.4 Å². The predicted octanol–water partition coefficient (Wildman–Crippen LogP) is 2.70. The minimum absolute atomic E-state index is 0.132. The number of hydrogen-bond acceptors (Lipinski definition) is 5. The molecule has 110 valence electrons. The Morgan fingerprint density at radius 2 is 2.24 bits per heavy atom. The summed E-state index contributed by atoms with van der Waals surface area (Å²) in [6.07, 6.45) is 2.40. The average molecular weight is 308 g/mol. The van der Waals surface area contributed by atoms with Crippen LogP contribution in [-0.4, -0.2) is 35.1 Å². The van der Waals surface area contributed by atoms with Crippen LogP contribution in [0.25, 0.3) is 11.3 Å². The predicted molar refractivity (Wildman–Crippen MR) is 76.4 cm³/mol. The Morgan fingerprint density at radius 1 is 1.43 bits per heavy atom. The number of ether oxygens (including phenoxy) is 2. The molecule has 0 atom stereocenters. The van der Waals surface area contributed by atoms with E-state index in [1.54, 1.807) is 18.2 Å². The second-order valence-electron chi connectivity index (χ2n) is 4.91. The summed E-state index contributed by atoms with van der Waals surface area (Å²) in [4.78, 5) is 11.6. The maximum atomic E-state index is 11.6. The number of nitrogens with zero attached hydrogens (tertiary/aromatic N) is 2. The number of aromatic amines is 1. The first kappa shape index (κ1) is 13.9. The van der Waals surface area contributed by atoms with E-state index in [0.29, 0.717) is 34.6 Å². The highest BCUT2D eigenvalue weighted by molar-refractivity contribution is 6.32. The molecule has 7 heteroatoms. The second kappa shape index (κ2) is 5.73. The number of carbonyl (C=O) groups excluding carboxylic acids is 1. The molecule has 1 fully saturated rings. The topological polar surface area (TPSA) is 77.1 Å². The number of halogens is 1. The highest BCUT2D eigenvalue weighted by Crippen LogP contribution is 2.34. The monoisotopic (exact) mass is 307 g/mol. The van der Waals surface area contributed by atoms with E-state index >= 15 is 0 Å². The highest BCUT2D eigenvalue weighted by atomic mass is 35.5. The molecule has 0 bridgehead atoms. The Hall–Kier alpha value is -2.08. The lowest BCUT2D eigenvalue weighted by atomic mass is 10.1. The Bertz CT molecular complexity index is 667. The molecule has 1 saturated carbocycles. The normalized spacial score (nSPS) is 14.0. The molecule has 3 rings (SSSR count). The minimum atomic E-state index is -0.547. The Balaban J connectivity index is 1.89. The third-order valence-corrected chi connectivity index (χ3v) is 3.62. The van der Waals surface area contributed by atoms with E-state index in [0.717, 1.165) is 0 Å². The van der Waals surface area contributed by atoms with Crippen LogP contribution in [0.15, 0.2) is 18.2 Å². The maximum Gasteiger partial charge on any atom is 0.360 e. The van der Waals surface area contributed by atoms with Gasteiger partial charge in [-0.2, -0.15) is 10.3 Å². The van der Waals surface area contributed by atoms with Gasteiger partial charge in [-0.15, -0.1) is 5.10 Å². The number of rotatable bonds is 5. The number of esters is 1. The average Bonchev–Trinajstić information content (AvgIpc) is 3.20. The van der Waals surface area contributed by atoms with Gasteiger partial charge in [0.15, 0.2) is 5.69 Å². The third-order valence-electron chi connectivity index (χ3n) is 3.30. The van der Waals surface area contributed by atoms with Crippen LogP contribution in [0.5, 0.6) is 5.75 Å². The first-order valence-electron chi connectivity index (χ1n) is 6.61. The summed E-state index contributed by atoms with van der Waals surface area (Å²) in [6, 6.07) is 5.24. The van der Waals surface area contributed by atoms with E-state index in [1.165, 1.54) is 20.0 Å². The maximum absolute atomic E-state index is 11.6. The quantitative estimate of drug-likeness (QED) is 0.859. The first-order valence-corrected chi connectivity index (χ1v) is 6.98. The van der Waals surface area contributed by atoms with Crippen LogP contribution in [0.3, 0.4) is 0 Å². The minimum Gasteiger partial charge on any atom is -0.492 e. The molecule has 6 nitrogen and oxygen atoms in total. The second-order valence-corrected chi connectivity index (χ2v) is 5.32. The van der Waals surface area contributed by atoms with Crippen molar-refractivity contribution in [2.45, 2.75) is 12.8 Å². The van der Waals surface area contributed by atoms with Gasteiger partial charge in [0, 0.05) is 5.56 Å². The molecule has 0 amide bonds. The zero-order valence-electron chi connectivity index (χ0n) is 11.4. The molecule has 1 aliphatic carbocycles. The number of methoxy groups -OCH3 is 1. The fraction of sp³-hybridized carbons (Fsp3) is 0.357. The summed E-state index contributed by atoms with van der Waals surface area (Å²) >= 11 is 6.13. The van der Waals surface area contributed by atoms with Crippen molar-refractivity contribution in [1.29, 1.82) is 0 Å². The van der Waals surface area contributed by atoms with Crippen LogP contribution in [-0.2, 0) is 4.74 Å². The van der Waals surface area contributed by atoms with Crippen LogP contribution < -0.4 is 4.74 Å². The molecule has 2 aromatic rings. The number of aromatic nitrogens is 3. The first-order chi connectivity index (χ1) is 10.2. The molecule has 0 aliphatic heterocycles. The van der Waals surface area contributed by atoms with Crippen LogP contribution in [0.1, 0.15) is 23.3 Å². The molecule has 1 aromatic heterocycles. The number of hydrogen-bond donors (Lipinski definition) is 1. The third kappa shape index (κ3) is 3.00. The summed E-state index contributed by atoms with van der Waals surface area (Å²) in [5.41, 5.74) is 1.24. The summed E-state index contributed by atoms with van der Waals surface area (Å²) in [5.74, 6) is 0.663. The molecule has 21 heavy (non-hydrogen) atoms. The highest BCUT2D eigenvalue weighted by Gasteiger charge is 2.23. The summed E-state index contributed by atoms with van der Waals surface area (Å²) in [7, 11) is 1.30. The lowest BCUT2D eigenvalue weighted by Crippen LogP contribution is -2.04. The van der Waals surface area contributed by atoms with Gasteiger partial charge in [-0.3, -0.25) is 0 Å². The van der Waals surface area contributed by atoms with Crippen molar-refractivity contribution in [3.05, 3.63) is 28.9 Å².